The van der Waals surface area contributed by atoms with Crippen LogP contribution in [0.25, 0.3) is 0 Å². The fourth-order valence-electron chi connectivity index (χ4n) is 2.09. The molecule has 17 heavy (non-hydrogen) atoms. The van der Waals surface area contributed by atoms with Crippen molar-refractivity contribution in [2.45, 2.75) is 12.8 Å². The number of para-hydroxylation sites is 1. The number of hydrogen-bond acceptors (Lipinski definition) is 3. The van der Waals surface area contributed by atoms with Crippen molar-refractivity contribution in [3.05, 3.63) is 28.7 Å². The molecule has 0 amide bonds. The molecule has 2 rings (SSSR count). The molecule has 1 aliphatic carbocycles. The third-order valence-corrected chi connectivity index (χ3v) is 3.95. The summed E-state index contributed by atoms with van der Waals surface area (Å²) in [6.07, 6.45) is 1.85. The molecule has 1 aromatic rings. The van der Waals surface area contributed by atoms with Crippen molar-refractivity contribution < 1.29 is 9.53 Å². The van der Waals surface area contributed by atoms with Crippen molar-refractivity contribution in [2.75, 3.05) is 25.6 Å². The molecular weight excluding hydrogens is 282 g/mol. The summed E-state index contributed by atoms with van der Waals surface area (Å²) in [5.41, 5.74) is 0.821. The fourth-order valence-corrected chi connectivity index (χ4v) is 2.68. The van der Waals surface area contributed by atoms with Crippen molar-refractivity contribution >= 4 is 27.6 Å². The Balaban J connectivity index is 2.10. The summed E-state index contributed by atoms with van der Waals surface area (Å²) in [6.45, 7) is 0.711. The van der Waals surface area contributed by atoms with Crippen LogP contribution < -0.4 is 4.90 Å². The molecule has 4 heteroatoms. The maximum absolute atomic E-state index is 11.7. The molecule has 1 saturated carbocycles. The Hall–Kier alpha value is -1.03. The lowest BCUT2D eigenvalue weighted by Crippen LogP contribution is -2.32. The lowest BCUT2D eigenvalue weighted by atomic mass is 10.1. The monoisotopic (exact) mass is 297 g/mol. The summed E-state index contributed by atoms with van der Waals surface area (Å²) < 4.78 is 5.91. The van der Waals surface area contributed by atoms with Gasteiger partial charge < -0.3 is 9.64 Å². The van der Waals surface area contributed by atoms with Gasteiger partial charge in [-0.1, -0.05) is 12.1 Å². The molecule has 0 saturated heterocycles. The first-order valence-electron chi connectivity index (χ1n) is 5.63. The Labute approximate surface area is 110 Å². The second-order valence-corrected chi connectivity index (χ2v) is 5.43. The number of methoxy groups -OCH3 is 1. The van der Waals surface area contributed by atoms with Crippen LogP contribution in [-0.4, -0.2) is 26.7 Å². The third kappa shape index (κ3) is 2.46. The van der Waals surface area contributed by atoms with Gasteiger partial charge in [0.15, 0.2) is 0 Å². The number of halogens is 1. The number of ether oxygens (including phenoxy) is 1. The van der Waals surface area contributed by atoms with Gasteiger partial charge in [-0.05, 0) is 40.9 Å². The highest BCUT2D eigenvalue weighted by Gasteiger charge is 2.51. The summed E-state index contributed by atoms with van der Waals surface area (Å²) >= 11 is 3.52. The summed E-state index contributed by atoms with van der Waals surface area (Å²) in [4.78, 5) is 13.8. The summed E-state index contributed by atoms with van der Waals surface area (Å²) in [5, 5.41) is 0. The molecule has 1 aliphatic rings. The number of anilines is 1. The first-order valence-corrected chi connectivity index (χ1v) is 6.42. The van der Waals surface area contributed by atoms with Gasteiger partial charge >= 0.3 is 5.97 Å². The van der Waals surface area contributed by atoms with Crippen LogP contribution in [0.2, 0.25) is 0 Å². The van der Waals surface area contributed by atoms with Gasteiger partial charge in [-0.25, -0.2) is 0 Å². The molecular formula is C13H16BrNO2. The maximum Gasteiger partial charge on any atom is 0.313 e. The van der Waals surface area contributed by atoms with Gasteiger partial charge in [-0.15, -0.1) is 0 Å². The van der Waals surface area contributed by atoms with E-state index >= 15 is 0 Å². The largest absolute Gasteiger partial charge is 0.469 e. The molecule has 0 spiro atoms. The summed E-state index contributed by atoms with van der Waals surface area (Å²) in [6, 6.07) is 8.02. The molecule has 1 fully saturated rings. The molecule has 0 bridgehead atoms. The van der Waals surface area contributed by atoms with Gasteiger partial charge in [0.2, 0.25) is 0 Å². The molecule has 0 heterocycles. The van der Waals surface area contributed by atoms with Crippen molar-refractivity contribution in [1.29, 1.82) is 0 Å². The molecule has 0 unspecified atom stereocenters. The number of carbonyl (C=O) groups excluding carboxylic acids is 1. The van der Waals surface area contributed by atoms with Gasteiger partial charge in [-0.3, -0.25) is 4.79 Å². The first-order chi connectivity index (χ1) is 8.09. The lowest BCUT2D eigenvalue weighted by molar-refractivity contribution is -0.146. The van der Waals surface area contributed by atoms with Gasteiger partial charge in [0.05, 0.1) is 18.2 Å². The zero-order valence-electron chi connectivity index (χ0n) is 10.1. The number of hydrogen-bond donors (Lipinski definition) is 0. The quantitative estimate of drug-likeness (QED) is 0.801. The zero-order chi connectivity index (χ0) is 12.5. The lowest BCUT2D eigenvalue weighted by Gasteiger charge is -2.25. The van der Waals surface area contributed by atoms with Crippen LogP contribution in [0, 0.1) is 5.41 Å². The highest BCUT2D eigenvalue weighted by Crippen LogP contribution is 2.47. The third-order valence-electron chi connectivity index (χ3n) is 3.28. The molecule has 0 aliphatic heterocycles. The van der Waals surface area contributed by atoms with E-state index in [-0.39, 0.29) is 11.4 Å². The van der Waals surface area contributed by atoms with Crippen LogP contribution in [0.5, 0.6) is 0 Å². The molecule has 3 nitrogen and oxygen atoms in total. The van der Waals surface area contributed by atoms with Crippen molar-refractivity contribution in [1.82, 2.24) is 0 Å². The highest BCUT2D eigenvalue weighted by atomic mass is 79.9. The van der Waals surface area contributed by atoms with E-state index in [1.807, 2.05) is 31.3 Å². The van der Waals surface area contributed by atoms with E-state index in [4.69, 9.17) is 4.74 Å². The Morgan fingerprint density at radius 1 is 1.47 bits per heavy atom. The second kappa shape index (κ2) is 4.69. The highest BCUT2D eigenvalue weighted by molar-refractivity contribution is 9.10. The van der Waals surface area contributed by atoms with E-state index in [0.717, 1.165) is 23.0 Å². The number of carbonyl (C=O) groups is 1. The van der Waals surface area contributed by atoms with Crippen LogP contribution >= 0.6 is 15.9 Å². The minimum atomic E-state index is -0.279. The van der Waals surface area contributed by atoms with Crippen molar-refractivity contribution in [2.24, 2.45) is 5.41 Å². The van der Waals surface area contributed by atoms with Crippen LogP contribution in [0.15, 0.2) is 28.7 Å². The Bertz CT molecular complexity index is 429. The second-order valence-electron chi connectivity index (χ2n) is 4.58. The van der Waals surface area contributed by atoms with E-state index < -0.39 is 0 Å². The topological polar surface area (TPSA) is 29.5 Å². The number of rotatable bonds is 4. The SMILES string of the molecule is COC(=O)C1(CN(C)c2ccccc2Br)CC1. The summed E-state index contributed by atoms with van der Waals surface area (Å²) in [7, 11) is 3.46. The fraction of sp³-hybridized carbons (Fsp3) is 0.462. The Kier molecular flexibility index (Phi) is 3.43. The molecule has 0 N–H and O–H groups in total. The number of esters is 1. The maximum atomic E-state index is 11.7. The molecule has 0 aromatic heterocycles. The van der Waals surface area contributed by atoms with Crippen LogP contribution in [0.1, 0.15) is 12.8 Å². The zero-order valence-corrected chi connectivity index (χ0v) is 11.7. The van der Waals surface area contributed by atoms with Crippen molar-refractivity contribution in [3.63, 3.8) is 0 Å². The Morgan fingerprint density at radius 3 is 2.65 bits per heavy atom. The predicted octanol–water partition coefficient (Wildman–Crippen LogP) is 2.84. The molecule has 0 atom stereocenters. The van der Waals surface area contributed by atoms with E-state index in [9.17, 15) is 4.79 Å². The predicted molar refractivity (Wildman–Crippen MR) is 71.1 cm³/mol. The van der Waals surface area contributed by atoms with Crippen LogP contribution in [0.4, 0.5) is 5.69 Å². The first kappa shape index (κ1) is 12.4. The van der Waals surface area contributed by atoms with E-state index in [1.165, 1.54) is 7.11 Å². The smallest absolute Gasteiger partial charge is 0.313 e. The molecule has 0 radical (unpaired) electrons. The van der Waals surface area contributed by atoms with Crippen molar-refractivity contribution in [3.8, 4) is 0 Å². The average Bonchev–Trinajstić information content (AvgIpc) is 3.09. The van der Waals surface area contributed by atoms with E-state index in [1.54, 1.807) is 0 Å². The van der Waals surface area contributed by atoms with Crippen LogP contribution in [-0.2, 0) is 9.53 Å². The number of nitrogens with zero attached hydrogens (tertiary/aromatic N) is 1. The number of benzene rings is 1. The van der Waals surface area contributed by atoms with Gasteiger partial charge in [-0.2, -0.15) is 0 Å². The van der Waals surface area contributed by atoms with Gasteiger partial charge in [0.25, 0.3) is 0 Å². The summed E-state index contributed by atoms with van der Waals surface area (Å²) in [5.74, 6) is -0.0867. The van der Waals surface area contributed by atoms with Gasteiger partial charge in [0, 0.05) is 18.1 Å². The molecule has 92 valence electrons. The minimum absolute atomic E-state index is 0.0867. The standard InChI is InChI=1S/C13H16BrNO2/c1-15(11-6-4-3-5-10(11)14)9-13(7-8-13)12(16)17-2/h3-6H,7-9H2,1-2H3. The van der Waals surface area contributed by atoms with Crippen LogP contribution in [0.3, 0.4) is 0 Å². The van der Waals surface area contributed by atoms with E-state index in [2.05, 4.69) is 20.8 Å². The van der Waals surface area contributed by atoms with E-state index in [0.29, 0.717) is 6.54 Å². The van der Waals surface area contributed by atoms with Gasteiger partial charge in [0.1, 0.15) is 0 Å². The average molecular weight is 298 g/mol. The Morgan fingerprint density at radius 2 is 2.12 bits per heavy atom. The minimum Gasteiger partial charge on any atom is -0.469 e. The molecule has 1 aromatic carbocycles. The normalized spacial score (nSPS) is 16.4.